The van der Waals surface area contributed by atoms with Crippen LogP contribution in [0.4, 0.5) is 5.69 Å². The van der Waals surface area contributed by atoms with Crippen LogP contribution in [-0.2, 0) is 23.6 Å². The van der Waals surface area contributed by atoms with Crippen molar-refractivity contribution in [2.75, 3.05) is 5.32 Å². The molecule has 4 N–H and O–H groups in total. The second kappa shape index (κ2) is 11.1. The van der Waals surface area contributed by atoms with Crippen LogP contribution in [0.25, 0.3) is 0 Å². The predicted molar refractivity (Wildman–Crippen MR) is 103 cm³/mol. The van der Waals surface area contributed by atoms with Crippen molar-refractivity contribution >= 4 is 52.0 Å². The number of benzene rings is 2. The molecule has 0 heterocycles. The van der Waals surface area contributed by atoms with E-state index in [9.17, 15) is 17.4 Å². The van der Waals surface area contributed by atoms with Crippen LogP contribution >= 0.6 is 15.9 Å². The molecule has 0 saturated heterocycles. The van der Waals surface area contributed by atoms with Crippen LogP contribution in [0.15, 0.2) is 53.0 Å². The van der Waals surface area contributed by atoms with E-state index in [-0.39, 0.29) is 22.4 Å². The van der Waals surface area contributed by atoms with Gasteiger partial charge in [-0.15, -0.1) is 0 Å². The molecule has 0 aliphatic rings. The number of rotatable bonds is 6. The van der Waals surface area contributed by atoms with Gasteiger partial charge in [0.1, 0.15) is 0 Å². The average molecular weight is 504 g/mol. The SMILES string of the molecule is CC(=O)Nc1ccccc1[As](=O)(O)OO.O=C(O)CCc1ccccc1Br. The van der Waals surface area contributed by atoms with Crippen molar-refractivity contribution in [1.82, 2.24) is 0 Å². The van der Waals surface area contributed by atoms with Crippen molar-refractivity contribution in [3.8, 4) is 0 Å². The van der Waals surface area contributed by atoms with Gasteiger partial charge in [-0.1, -0.05) is 34.1 Å². The number of carboxylic acid groups (broad SMARTS) is 1. The summed E-state index contributed by atoms with van der Waals surface area (Å²) >= 11 is -1.57. The zero-order valence-corrected chi connectivity index (χ0v) is 17.8. The Hall–Kier alpha value is -1.90. The number of aliphatic carboxylic acids is 1. The molecule has 0 aliphatic carbocycles. The van der Waals surface area contributed by atoms with E-state index in [0.29, 0.717) is 6.42 Å². The third-order valence-corrected chi connectivity index (χ3v) is 6.53. The van der Waals surface area contributed by atoms with E-state index in [1.54, 1.807) is 6.07 Å². The van der Waals surface area contributed by atoms with E-state index in [1.807, 2.05) is 24.3 Å². The number of halogens is 1. The molecule has 1 atom stereocenters. The first kappa shape index (κ1) is 23.1. The molecule has 0 spiro atoms. The number of hydrogen-bond donors (Lipinski definition) is 4. The fraction of sp³-hybridized carbons (Fsp3) is 0.176. The quantitative estimate of drug-likeness (QED) is 0.269. The van der Waals surface area contributed by atoms with Crippen molar-refractivity contribution in [3.05, 3.63) is 58.6 Å². The molecule has 0 fully saturated rings. The molecule has 2 aromatic carbocycles. The molecule has 2 rings (SSSR count). The third kappa shape index (κ3) is 8.11. The molecule has 27 heavy (non-hydrogen) atoms. The predicted octanol–water partition coefficient (Wildman–Crippen LogP) is 2.17. The maximum atomic E-state index is 11.4. The first-order chi connectivity index (χ1) is 12.7. The van der Waals surface area contributed by atoms with Gasteiger partial charge in [0.2, 0.25) is 0 Å². The maximum Gasteiger partial charge on any atom is 0.303 e. The monoisotopic (exact) mass is 503 g/mol. The van der Waals surface area contributed by atoms with Crippen LogP contribution in [0.1, 0.15) is 18.9 Å². The molecule has 0 saturated carbocycles. The van der Waals surface area contributed by atoms with E-state index in [4.69, 9.17) is 10.4 Å². The van der Waals surface area contributed by atoms with Crippen molar-refractivity contribution < 1.29 is 31.7 Å². The number of amides is 1. The minimum Gasteiger partial charge on any atom is -0.481 e. The van der Waals surface area contributed by atoms with Gasteiger partial charge in [-0.25, -0.2) is 0 Å². The first-order valence-corrected chi connectivity index (χ1v) is 11.8. The minimum absolute atomic E-state index is 0.103. The third-order valence-electron chi connectivity index (χ3n) is 3.20. The number of anilines is 1. The number of carbonyl (C=O) groups excluding carboxylic acids is 1. The molecule has 0 bridgehead atoms. The van der Waals surface area contributed by atoms with Gasteiger partial charge in [-0.05, 0) is 18.1 Å². The number of hydrogen-bond acceptors (Lipinski definition) is 5. The number of carboxylic acids is 1. The van der Waals surface area contributed by atoms with E-state index in [2.05, 4.69) is 25.1 Å². The fourth-order valence-electron chi connectivity index (χ4n) is 2.00. The summed E-state index contributed by atoms with van der Waals surface area (Å²) in [5.74, 6) is -1.14. The Bertz CT molecular complexity index is 844. The van der Waals surface area contributed by atoms with Gasteiger partial charge in [0.15, 0.2) is 0 Å². The van der Waals surface area contributed by atoms with Gasteiger partial charge in [0, 0.05) is 10.9 Å². The number of carbonyl (C=O) groups is 2. The molecular formula is C17H19AsBrNO7. The molecule has 1 unspecified atom stereocenters. The molecule has 2 aromatic rings. The standard InChI is InChI=1S/C9H9BrO2.C8H10AsNO5/c10-8-4-2-1-3-7(8)5-6-9(11)12;1-6(11)10-8-5-3-2-4-7(8)9(12,13)15-14/h1-4H,5-6H2,(H,11,12);2-5,14H,1H3,(H,10,11)(H,12,13). The Balaban J connectivity index is 0.000000277. The van der Waals surface area contributed by atoms with Gasteiger partial charge in [-0.2, -0.15) is 0 Å². The summed E-state index contributed by atoms with van der Waals surface area (Å²) in [6.45, 7) is 1.27. The summed E-state index contributed by atoms with van der Waals surface area (Å²) in [5.41, 5.74) is 1.20. The summed E-state index contributed by atoms with van der Waals surface area (Å²) in [4.78, 5) is 21.1. The zero-order chi connectivity index (χ0) is 20.4. The van der Waals surface area contributed by atoms with Crippen LogP contribution in [0.5, 0.6) is 0 Å². The van der Waals surface area contributed by atoms with Crippen molar-refractivity contribution in [1.29, 1.82) is 0 Å². The van der Waals surface area contributed by atoms with Crippen molar-refractivity contribution in [2.45, 2.75) is 19.8 Å². The Morgan fingerprint density at radius 1 is 1.15 bits per heavy atom. The Labute approximate surface area is 167 Å². The van der Waals surface area contributed by atoms with Gasteiger partial charge in [-0.3, -0.25) is 4.79 Å². The molecule has 8 nitrogen and oxygen atoms in total. The average Bonchev–Trinajstić information content (AvgIpc) is 2.61. The summed E-state index contributed by atoms with van der Waals surface area (Å²) in [6.07, 6.45) is 0.763. The van der Waals surface area contributed by atoms with Gasteiger partial charge in [0.25, 0.3) is 0 Å². The maximum absolute atomic E-state index is 11.4. The van der Waals surface area contributed by atoms with Crippen LogP contribution in [0, 0.1) is 0 Å². The summed E-state index contributed by atoms with van der Waals surface area (Å²) in [5, 5.41) is 19.1. The Kier molecular flexibility index (Phi) is 9.48. The topological polar surface area (TPSA) is 133 Å². The van der Waals surface area contributed by atoms with Gasteiger partial charge >= 0.3 is 94.4 Å². The van der Waals surface area contributed by atoms with Crippen LogP contribution in [0.2, 0.25) is 0 Å². The summed E-state index contributed by atoms with van der Waals surface area (Å²) in [6, 6.07) is 13.5. The van der Waals surface area contributed by atoms with Crippen molar-refractivity contribution in [2.24, 2.45) is 0 Å². The first-order valence-electron chi connectivity index (χ1n) is 7.65. The van der Waals surface area contributed by atoms with Crippen molar-refractivity contribution in [3.63, 3.8) is 0 Å². The smallest absolute Gasteiger partial charge is 0.303 e. The van der Waals surface area contributed by atoms with E-state index in [1.165, 1.54) is 25.1 Å². The summed E-state index contributed by atoms with van der Waals surface area (Å²) < 4.78 is 25.1. The normalized spacial score (nSPS) is 12.3. The van der Waals surface area contributed by atoms with Gasteiger partial charge in [0.05, 0.1) is 0 Å². The fourth-order valence-corrected chi connectivity index (χ4v) is 4.16. The van der Waals surface area contributed by atoms with E-state index in [0.717, 1.165) is 10.0 Å². The Morgan fingerprint density at radius 3 is 2.30 bits per heavy atom. The molecule has 1 amide bonds. The summed E-state index contributed by atoms with van der Waals surface area (Å²) in [7, 11) is 0. The largest absolute Gasteiger partial charge is 0.481 e. The zero-order valence-electron chi connectivity index (χ0n) is 14.3. The minimum atomic E-state index is -4.92. The molecule has 0 aromatic heterocycles. The molecule has 0 aliphatic heterocycles. The Morgan fingerprint density at radius 2 is 1.74 bits per heavy atom. The van der Waals surface area contributed by atoms with Gasteiger partial charge < -0.3 is 5.11 Å². The second-order valence-corrected chi connectivity index (χ2v) is 9.68. The molecule has 0 radical (unpaired) electrons. The number of para-hydroxylation sites is 1. The van der Waals surface area contributed by atoms with E-state index >= 15 is 0 Å². The van der Waals surface area contributed by atoms with E-state index < -0.39 is 20.1 Å². The second-order valence-electron chi connectivity index (χ2n) is 5.29. The van der Waals surface area contributed by atoms with Crippen LogP contribution in [0.3, 0.4) is 0 Å². The number of aryl methyl sites for hydroxylation is 1. The van der Waals surface area contributed by atoms with Crippen LogP contribution in [-0.4, -0.2) is 40.5 Å². The molecular weight excluding hydrogens is 485 g/mol. The number of nitrogens with one attached hydrogen (secondary N) is 1. The van der Waals surface area contributed by atoms with Crippen LogP contribution < -0.4 is 9.67 Å². The molecule has 146 valence electrons. The molecule has 10 heteroatoms.